The lowest BCUT2D eigenvalue weighted by atomic mass is 10.3. The zero-order valence-corrected chi connectivity index (χ0v) is 12.1. The van der Waals surface area contributed by atoms with Gasteiger partial charge in [-0.1, -0.05) is 27.5 Å². The van der Waals surface area contributed by atoms with Gasteiger partial charge in [0, 0.05) is 10.0 Å². The first-order valence-corrected chi connectivity index (χ1v) is 6.37. The predicted molar refractivity (Wildman–Crippen MR) is 73.9 cm³/mol. The van der Waals surface area contributed by atoms with Crippen LogP contribution in [0.2, 0.25) is 5.15 Å². The van der Waals surface area contributed by atoms with Gasteiger partial charge in [-0.25, -0.2) is 14.4 Å². The topological polar surface area (TPSA) is 37.8 Å². The molecule has 0 amide bonds. The van der Waals surface area contributed by atoms with E-state index in [-0.39, 0.29) is 5.82 Å². The van der Waals surface area contributed by atoms with Crippen molar-refractivity contribution in [3.05, 3.63) is 45.0 Å². The molecule has 2 rings (SSSR count). The maximum Gasteiger partial charge on any atom is 0.147 e. The van der Waals surface area contributed by atoms with E-state index in [2.05, 4.69) is 31.2 Å². The van der Waals surface area contributed by atoms with Gasteiger partial charge < -0.3 is 5.32 Å². The molecule has 0 spiro atoms. The monoisotopic (exact) mass is 329 g/mol. The largest absolute Gasteiger partial charge is 0.337 e. The average Bonchev–Trinajstić information content (AvgIpc) is 2.29. The van der Waals surface area contributed by atoms with Crippen LogP contribution in [0.1, 0.15) is 11.4 Å². The van der Waals surface area contributed by atoms with Crippen molar-refractivity contribution in [3.63, 3.8) is 0 Å². The maximum atomic E-state index is 13.7. The zero-order chi connectivity index (χ0) is 13.3. The van der Waals surface area contributed by atoms with Crippen LogP contribution in [0.5, 0.6) is 0 Å². The van der Waals surface area contributed by atoms with Crippen LogP contribution in [0.15, 0.2) is 22.7 Å². The van der Waals surface area contributed by atoms with Crippen molar-refractivity contribution >= 4 is 39.0 Å². The van der Waals surface area contributed by atoms with Crippen molar-refractivity contribution in [3.8, 4) is 0 Å². The fourth-order valence-electron chi connectivity index (χ4n) is 1.43. The summed E-state index contributed by atoms with van der Waals surface area (Å²) in [6.45, 7) is 3.51. The number of halogens is 3. The fourth-order valence-corrected chi connectivity index (χ4v) is 1.98. The molecule has 1 N–H and O–H groups in total. The third-order valence-corrected chi connectivity index (χ3v) is 3.24. The molecule has 0 saturated carbocycles. The SMILES string of the molecule is Cc1nc(Cl)c(C)c(Nc2ccc(Br)cc2F)n1. The van der Waals surface area contributed by atoms with Crippen LogP contribution in [-0.2, 0) is 0 Å². The molecule has 1 heterocycles. The van der Waals surface area contributed by atoms with Crippen molar-refractivity contribution in [1.29, 1.82) is 0 Å². The van der Waals surface area contributed by atoms with E-state index < -0.39 is 0 Å². The van der Waals surface area contributed by atoms with E-state index >= 15 is 0 Å². The molecule has 1 aromatic carbocycles. The summed E-state index contributed by atoms with van der Waals surface area (Å²) in [6.07, 6.45) is 0. The number of aromatic nitrogens is 2. The van der Waals surface area contributed by atoms with Crippen LogP contribution in [-0.4, -0.2) is 9.97 Å². The van der Waals surface area contributed by atoms with E-state index in [1.807, 2.05) is 0 Å². The van der Waals surface area contributed by atoms with Crippen molar-refractivity contribution in [2.75, 3.05) is 5.32 Å². The predicted octanol–water partition coefficient (Wildman–Crippen LogP) is 4.39. The Morgan fingerprint density at radius 2 is 2.00 bits per heavy atom. The average molecular weight is 331 g/mol. The standard InChI is InChI=1S/C12H10BrClFN3/c1-6-11(14)16-7(2)17-12(6)18-10-4-3-8(13)5-9(10)15/h3-5H,1-2H3,(H,16,17,18). The van der Waals surface area contributed by atoms with Crippen molar-refractivity contribution in [2.24, 2.45) is 0 Å². The van der Waals surface area contributed by atoms with Crippen LogP contribution in [0.3, 0.4) is 0 Å². The minimum absolute atomic E-state index is 0.343. The van der Waals surface area contributed by atoms with Gasteiger partial charge in [-0.2, -0.15) is 0 Å². The summed E-state index contributed by atoms with van der Waals surface area (Å²) >= 11 is 9.16. The second kappa shape index (κ2) is 5.20. The minimum Gasteiger partial charge on any atom is -0.337 e. The Bertz CT molecular complexity index is 604. The second-order valence-corrected chi connectivity index (χ2v) is 5.06. The van der Waals surface area contributed by atoms with Crippen LogP contribution in [0, 0.1) is 19.7 Å². The first kappa shape index (κ1) is 13.2. The normalized spacial score (nSPS) is 10.5. The Morgan fingerprint density at radius 1 is 1.28 bits per heavy atom. The number of anilines is 2. The number of hydrogen-bond donors (Lipinski definition) is 1. The lowest BCUT2D eigenvalue weighted by Gasteiger charge is -2.11. The highest BCUT2D eigenvalue weighted by molar-refractivity contribution is 9.10. The molecule has 3 nitrogen and oxygen atoms in total. The molecule has 18 heavy (non-hydrogen) atoms. The molecular weight excluding hydrogens is 321 g/mol. The number of nitrogens with zero attached hydrogens (tertiary/aromatic N) is 2. The van der Waals surface area contributed by atoms with Gasteiger partial charge in [0.15, 0.2) is 0 Å². The molecule has 6 heteroatoms. The first-order valence-electron chi connectivity index (χ1n) is 5.20. The van der Waals surface area contributed by atoms with Gasteiger partial charge in [0.25, 0.3) is 0 Å². The quantitative estimate of drug-likeness (QED) is 0.830. The van der Waals surface area contributed by atoms with Crippen molar-refractivity contribution in [1.82, 2.24) is 9.97 Å². The molecule has 0 aliphatic carbocycles. The van der Waals surface area contributed by atoms with Gasteiger partial charge >= 0.3 is 0 Å². The molecule has 2 aromatic rings. The molecule has 0 bridgehead atoms. The first-order chi connectivity index (χ1) is 8.47. The summed E-state index contributed by atoms with van der Waals surface area (Å²) in [6, 6.07) is 4.76. The highest BCUT2D eigenvalue weighted by atomic mass is 79.9. The Kier molecular flexibility index (Phi) is 3.82. The fraction of sp³-hybridized carbons (Fsp3) is 0.167. The molecule has 0 fully saturated rings. The molecule has 0 aliphatic rings. The third kappa shape index (κ3) is 2.79. The maximum absolute atomic E-state index is 13.7. The molecule has 0 aliphatic heterocycles. The molecular formula is C12H10BrClFN3. The summed E-state index contributed by atoms with van der Waals surface area (Å²) in [4.78, 5) is 8.23. The summed E-state index contributed by atoms with van der Waals surface area (Å²) < 4.78 is 14.4. The van der Waals surface area contributed by atoms with E-state index in [9.17, 15) is 4.39 Å². The Morgan fingerprint density at radius 3 is 2.67 bits per heavy atom. The zero-order valence-electron chi connectivity index (χ0n) is 9.76. The number of benzene rings is 1. The molecule has 94 valence electrons. The van der Waals surface area contributed by atoms with Crippen LogP contribution < -0.4 is 5.32 Å². The highest BCUT2D eigenvalue weighted by Crippen LogP contribution is 2.26. The van der Waals surface area contributed by atoms with Gasteiger partial charge in [-0.05, 0) is 32.0 Å². The lowest BCUT2D eigenvalue weighted by molar-refractivity contribution is 0.631. The molecule has 0 saturated heterocycles. The Labute approximate surface area is 118 Å². The van der Waals surface area contributed by atoms with E-state index in [4.69, 9.17) is 11.6 Å². The number of nitrogens with one attached hydrogen (secondary N) is 1. The summed E-state index contributed by atoms with van der Waals surface area (Å²) in [5.41, 5.74) is 1.03. The van der Waals surface area contributed by atoms with E-state index in [0.717, 1.165) is 0 Å². The minimum atomic E-state index is -0.365. The van der Waals surface area contributed by atoms with E-state index in [1.165, 1.54) is 6.07 Å². The van der Waals surface area contributed by atoms with Crippen LogP contribution in [0.25, 0.3) is 0 Å². The van der Waals surface area contributed by atoms with Gasteiger partial charge in [-0.3, -0.25) is 0 Å². The molecule has 0 unspecified atom stereocenters. The Balaban J connectivity index is 2.40. The smallest absolute Gasteiger partial charge is 0.147 e. The number of aryl methyl sites for hydroxylation is 1. The molecule has 0 radical (unpaired) electrons. The second-order valence-electron chi connectivity index (χ2n) is 3.78. The van der Waals surface area contributed by atoms with Crippen molar-refractivity contribution < 1.29 is 4.39 Å². The number of hydrogen-bond acceptors (Lipinski definition) is 3. The third-order valence-electron chi connectivity index (χ3n) is 2.38. The summed E-state index contributed by atoms with van der Waals surface area (Å²) in [5, 5.41) is 3.28. The van der Waals surface area contributed by atoms with Crippen molar-refractivity contribution in [2.45, 2.75) is 13.8 Å². The van der Waals surface area contributed by atoms with Gasteiger partial charge in [0.2, 0.25) is 0 Å². The highest BCUT2D eigenvalue weighted by Gasteiger charge is 2.10. The molecule has 0 atom stereocenters. The van der Waals surface area contributed by atoms with Crippen LogP contribution in [0.4, 0.5) is 15.9 Å². The molecule has 1 aromatic heterocycles. The van der Waals surface area contributed by atoms with Gasteiger partial charge in [-0.15, -0.1) is 0 Å². The number of rotatable bonds is 2. The van der Waals surface area contributed by atoms with Gasteiger partial charge in [0.1, 0.15) is 22.6 Å². The van der Waals surface area contributed by atoms with Gasteiger partial charge in [0.05, 0.1) is 5.69 Å². The Hall–Kier alpha value is -1.20. The summed E-state index contributed by atoms with van der Waals surface area (Å²) in [5.74, 6) is 0.676. The van der Waals surface area contributed by atoms with Crippen LogP contribution >= 0.6 is 27.5 Å². The van der Waals surface area contributed by atoms with E-state index in [1.54, 1.807) is 26.0 Å². The summed E-state index contributed by atoms with van der Waals surface area (Å²) in [7, 11) is 0. The lowest BCUT2D eigenvalue weighted by Crippen LogP contribution is -2.02. The van der Waals surface area contributed by atoms with E-state index in [0.29, 0.717) is 32.5 Å².